The number of ketones is 1. The fraction of sp³-hybridized carbons (Fsp3) is 0.818. The molecule has 0 aliphatic heterocycles. The number of rotatable bonds is 4. The topological polar surface area (TPSA) is 34.1 Å². The number of carbonyl (C=O) groups is 2. The van der Waals surface area contributed by atoms with Gasteiger partial charge in [-0.05, 0) is 18.8 Å². The van der Waals surface area contributed by atoms with Crippen LogP contribution in [0.1, 0.15) is 47.5 Å². The Labute approximate surface area is 81.7 Å². The van der Waals surface area contributed by atoms with Crippen molar-refractivity contribution >= 4 is 12.1 Å². The van der Waals surface area contributed by atoms with Gasteiger partial charge in [-0.2, -0.15) is 0 Å². The molecule has 0 radical (unpaired) electrons. The average molecular weight is 186 g/mol. The summed E-state index contributed by atoms with van der Waals surface area (Å²) in [5, 5.41) is 0. The zero-order valence-electron chi connectivity index (χ0n) is 9.46. The Morgan fingerprint density at radius 2 is 1.62 bits per heavy atom. The molecule has 0 N–H and O–H groups in total. The molecule has 0 aliphatic carbocycles. The molecule has 0 saturated carbocycles. The van der Waals surface area contributed by atoms with Gasteiger partial charge in [-0.1, -0.05) is 27.7 Å². The SMILES string of the molecule is CC(=O)CC(C)C.CC(C)CC=O. The summed E-state index contributed by atoms with van der Waals surface area (Å²) in [6.45, 7) is 9.76. The van der Waals surface area contributed by atoms with Crippen molar-refractivity contribution in [1.82, 2.24) is 0 Å². The van der Waals surface area contributed by atoms with E-state index in [1.165, 1.54) is 0 Å². The van der Waals surface area contributed by atoms with Crippen LogP contribution in [-0.4, -0.2) is 12.1 Å². The molecule has 2 heteroatoms. The first-order chi connectivity index (χ1) is 5.90. The highest BCUT2D eigenvalue weighted by Crippen LogP contribution is 1.97. The molecule has 0 heterocycles. The molecule has 0 amide bonds. The molecule has 0 atom stereocenters. The molecule has 0 unspecified atom stereocenters. The van der Waals surface area contributed by atoms with E-state index >= 15 is 0 Å². The van der Waals surface area contributed by atoms with E-state index in [4.69, 9.17) is 0 Å². The van der Waals surface area contributed by atoms with E-state index < -0.39 is 0 Å². The molecule has 0 aromatic carbocycles. The lowest BCUT2D eigenvalue weighted by Crippen LogP contribution is -1.95. The van der Waals surface area contributed by atoms with Crippen molar-refractivity contribution in [2.24, 2.45) is 11.8 Å². The second kappa shape index (κ2) is 9.43. The molecule has 0 fully saturated rings. The molecule has 0 aromatic rings. The second-order valence-electron chi connectivity index (χ2n) is 4.10. The minimum Gasteiger partial charge on any atom is -0.303 e. The van der Waals surface area contributed by atoms with E-state index in [0.29, 0.717) is 18.3 Å². The van der Waals surface area contributed by atoms with E-state index in [9.17, 15) is 9.59 Å². The fourth-order valence-electron chi connectivity index (χ4n) is 0.767. The highest BCUT2D eigenvalue weighted by atomic mass is 16.1. The van der Waals surface area contributed by atoms with Gasteiger partial charge in [0, 0.05) is 12.8 Å². The van der Waals surface area contributed by atoms with Gasteiger partial charge in [0.05, 0.1) is 0 Å². The van der Waals surface area contributed by atoms with Crippen LogP contribution in [0, 0.1) is 11.8 Å². The Hall–Kier alpha value is -0.660. The normalized spacial score (nSPS) is 9.46. The lowest BCUT2D eigenvalue weighted by atomic mass is 10.1. The predicted octanol–water partition coefficient (Wildman–Crippen LogP) is 2.85. The van der Waals surface area contributed by atoms with Crippen LogP contribution < -0.4 is 0 Å². The molecular weight excluding hydrogens is 164 g/mol. The van der Waals surface area contributed by atoms with E-state index in [-0.39, 0.29) is 5.78 Å². The quantitative estimate of drug-likeness (QED) is 0.633. The summed E-state index contributed by atoms with van der Waals surface area (Å²) in [5.74, 6) is 1.34. The smallest absolute Gasteiger partial charge is 0.130 e. The van der Waals surface area contributed by atoms with E-state index in [2.05, 4.69) is 0 Å². The van der Waals surface area contributed by atoms with Gasteiger partial charge in [0.25, 0.3) is 0 Å². The van der Waals surface area contributed by atoms with Gasteiger partial charge in [-0.3, -0.25) is 0 Å². The third kappa shape index (κ3) is 24.6. The van der Waals surface area contributed by atoms with Gasteiger partial charge in [-0.25, -0.2) is 0 Å². The Kier molecular flexibility index (Phi) is 10.8. The Morgan fingerprint density at radius 3 is 1.62 bits per heavy atom. The molecule has 78 valence electrons. The molecule has 0 spiro atoms. The van der Waals surface area contributed by atoms with Gasteiger partial charge in [0.15, 0.2) is 0 Å². The maximum atomic E-state index is 10.3. The molecule has 0 bridgehead atoms. The van der Waals surface area contributed by atoms with Crippen LogP contribution >= 0.6 is 0 Å². The lowest BCUT2D eigenvalue weighted by molar-refractivity contribution is -0.117. The maximum absolute atomic E-state index is 10.3. The van der Waals surface area contributed by atoms with Crippen molar-refractivity contribution in [1.29, 1.82) is 0 Å². The van der Waals surface area contributed by atoms with Crippen LogP contribution in [0.15, 0.2) is 0 Å². The summed E-state index contributed by atoms with van der Waals surface area (Å²) in [7, 11) is 0. The lowest BCUT2D eigenvalue weighted by Gasteiger charge is -1.95. The number of Topliss-reactive ketones (excluding diaryl/α,β-unsaturated/α-hetero) is 1. The van der Waals surface area contributed by atoms with Crippen LogP contribution in [-0.2, 0) is 9.59 Å². The van der Waals surface area contributed by atoms with E-state index in [0.717, 1.165) is 12.7 Å². The summed E-state index contributed by atoms with van der Waals surface area (Å²) < 4.78 is 0. The first kappa shape index (κ1) is 14.8. The van der Waals surface area contributed by atoms with Crippen LogP contribution in [0.2, 0.25) is 0 Å². The van der Waals surface area contributed by atoms with Crippen LogP contribution in [0.5, 0.6) is 0 Å². The first-order valence-corrected chi connectivity index (χ1v) is 4.83. The fourth-order valence-corrected chi connectivity index (χ4v) is 0.767. The van der Waals surface area contributed by atoms with Crippen LogP contribution in [0.4, 0.5) is 0 Å². The van der Waals surface area contributed by atoms with E-state index in [1.54, 1.807) is 6.92 Å². The van der Waals surface area contributed by atoms with Crippen molar-refractivity contribution in [2.45, 2.75) is 47.5 Å². The maximum Gasteiger partial charge on any atom is 0.130 e. The van der Waals surface area contributed by atoms with Crippen molar-refractivity contribution in [3.05, 3.63) is 0 Å². The largest absolute Gasteiger partial charge is 0.303 e. The van der Waals surface area contributed by atoms with E-state index in [1.807, 2.05) is 27.7 Å². The van der Waals surface area contributed by atoms with Crippen LogP contribution in [0.25, 0.3) is 0 Å². The number of hydrogen-bond acceptors (Lipinski definition) is 2. The zero-order valence-corrected chi connectivity index (χ0v) is 9.46. The molecule has 0 rings (SSSR count). The van der Waals surface area contributed by atoms with Gasteiger partial charge >= 0.3 is 0 Å². The van der Waals surface area contributed by atoms with Crippen molar-refractivity contribution in [2.75, 3.05) is 0 Å². The standard InChI is InChI=1S/C6H12O.C5H10O/c1-5(2)4-6(3)7;1-5(2)3-4-6/h5H,4H2,1-3H3;4-5H,3H2,1-2H3. The summed E-state index contributed by atoms with van der Waals surface area (Å²) in [6.07, 6.45) is 2.37. The molecule has 0 aromatic heterocycles. The van der Waals surface area contributed by atoms with Gasteiger partial charge < -0.3 is 9.59 Å². The average Bonchev–Trinajstić information content (AvgIpc) is 1.83. The molecule has 0 aliphatic rings. The molecule has 2 nitrogen and oxygen atoms in total. The summed E-state index contributed by atoms with van der Waals surface area (Å²) in [6, 6.07) is 0. The zero-order chi connectivity index (χ0) is 10.9. The summed E-state index contributed by atoms with van der Waals surface area (Å²) in [5.41, 5.74) is 0. The minimum absolute atomic E-state index is 0.287. The first-order valence-electron chi connectivity index (χ1n) is 4.83. The number of hydrogen-bond donors (Lipinski definition) is 0. The molecular formula is C11H22O2. The number of carbonyl (C=O) groups excluding carboxylic acids is 2. The van der Waals surface area contributed by atoms with Crippen molar-refractivity contribution < 1.29 is 9.59 Å². The highest BCUT2D eigenvalue weighted by molar-refractivity contribution is 5.75. The van der Waals surface area contributed by atoms with Gasteiger partial charge in [0.2, 0.25) is 0 Å². The monoisotopic (exact) mass is 186 g/mol. The predicted molar refractivity (Wildman–Crippen MR) is 55.7 cm³/mol. The highest BCUT2D eigenvalue weighted by Gasteiger charge is 1.95. The minimum atomic E-state index is 0.287. The Balaban J connectivity index is 0. The second-order valence-corrected chi connectivity index (χ2v) is 4.10. The van der Waals surface area contributed by atoms with Crippen molar-refractivity contribution in [3.8, 4) is 0 Å². The summed E-state index contributed by atoms with van der Waals surface area (Å²) >= 11 is 0. The third-order valence-electron chi connectivity index (χ3n) is 1.26. The molecule has 0 saturated heterocycles. The Morgan fingerprint density at radius 1 is 1.15 bits per heavy atom. The number of aldehydes is 1. The Bertz CT molecular complexity index is 137. The van der Waals surface area contributed by atoms with Gasteiger partial charge in [0.1, 0.15) is 12.1 Å². The molecule has 13 heavy (non-hydrogen) atoms. The van der Waals surface area contributed by atoms with Crippen molar-refractivity contribution in [3.63, 3.8) is 0 Å². The van der Waals surface area contributed by atoms with Gasteiger partial charge in [-0.15, -0.1) is 0 Å². The van der Waals surface area contributed by atoms with Crippen LogP contribution in [0.3, 0.4) is 0 Å². The summed E-state index contributed by atoms with van der Waals surface area (Å²) in [4.78, 5) is 19.9. The third-order valence-corrected chi connectivity index (χ3v) is 1.26.